The van der Waals surface area contributed by atoms with E-state index >= 15 is 0 Å². The molecule has 0 aliphatic carbocycles. The first-order valence-electron chi connectivity index (χ1n) is 9.38. The third-order valence-electron chi connectivity index (χ3n) is 4.96. The first kappa shape index (κ1) is 20.0. The topological polar surface area (TPSA) is 84.9 Å². The van der Waals surface area contributed by atoms with Crippen LogP contribution in [0.5, 0.6) is 5.75 Å². The molecule has 2 aromatic rings. The predicted octanol–water partition coefficient (Wildman–Crippen LogP) is 2.59. The highest BCUT2D eigenvalue weighted by atomic mass is 35.5. The number of benzene rings is 2. The minimum absolute atomic E-state index is 0.0104. The van der Waals surface area contributed by atoms with E-state index in [-0.39, 0.29) is 23.5 Å². The molecule has 0 bridgehead atoms. The first-order valence-corrected chi connectivity index (χ1v) is 11.2. The van der Waals surface area contributed by atoms with Gasteiger partial charge in [-0.05, 0) is 49.2 Å². The van der Waals surface area contributed by atoms with Crippen LogP contribution >= 0.6 is 11.6 Å². The van der Waals surface area contributed by atoms with Crippen molar-refractivity contribution in [1.82, 2.24) is 5.32 Å². The number of fused-ring (bicyclic) bond motifs is 1. The first-order chi connectivity index (χ1) is 13.9. The maximum Gasteiger partial charge on any atom is 0.264 e. The third-order valence-corrected chi connectivity index (χ3v) is 7.00. The summed E-state index contributed by atoms with van der Waals surface area (Å²) in [7, 11) is -3.90. The lowest BCUT2D eigenvalue weighted by Crippen LogP contribution is -2.51. The second-order valence-corrected chi connectivity index (χ2v) is 9.24. The Labute approximate surface area is 174 Å². The van der Waals surface area contributed by atoms with Crippen LogP contribution in [0.3, 0.4) is 0 Å². The van der Waals surface area contributed by atoms with Crippen molar-refractivity contribution in [3.63, 3.8) is 0 Å². The molecule has 0 saturated carbocycles. The highest BCUT2D eigenvalue weighted by molar-refractivity contribution is 7.92. The van der Waals surface area contributed by atoms with Crippen molar-refractivity contribution < 1.29 is 22.7 Å². The van der Waals surface area contributed by atoms with Gasteiger partial charge in [0.25, 0.3) is 15.9 Å². The van der Waals surface area contributed by atoms with E-state index in [1.807, 2.05) is 0 Å². The van der Waals surface area contributed by atoms with Crippen molar-refractivity contribution in [2.75, 3.05) is 24.0 Å². The van der Waals surface area contributed by atoms with Gasteiger partial charge in [-0.25, -0.2) is 8.42 Å². The van der Waals surface area contributed by atoms with E-state index in [2.05, 4.69) is 5.32 Å². The Balaban J connectivity index is 1.59. The van der Waals surface area contributed by atoms with E-state index in [0.717, 1.165) is 12.8 Å². The van der Waals surface area contributed by atoms with Crippen molar-refractivity contribution in [3.05, 3.63) is 53.6 Å². The molecule has 154 valence electrons. The Morgan fingerprint density at radius 1 is 1.17 bits per heavy atom. The van der Waals surface area contributed by atoms with E-state index < -0.39 is 16.1 Å². The summed E-state index contributed by atoms with van der Waals surface area (Å²) >= 11 is 5.89. The number of para-hydroxylation sites is 2. The Kier molecular flexibility index (Phi) is 5.67. The summed E-state index contributed by atoms with van der Waals surface area (Å²) in [4.78, 5) is 12.8. The SMILES string of the molecule is O=C(NC[C@H]1CCCO1)[C@H]1CN(S(=O)(=O)c2ccc(Cl)cc2)c2ccccc2O1. The number of hydrogen-bond acceptors (Lipinski definition) is 5. The van der Waals surface area contributed by atoms with Gasteiger partial charge in [-0.2, -0.15) is 0 Å². The molecular weight excluding hydrogens is 416 g/mol. The minimum atomic E-state index is -3.90. The molecule has 2 heterocycles. The van der Waals surface area contributed by atoms with Crippen LogP contribution in [0.1, 0.15) is 12.8 Å². The molecule has 1 amide bonds. The average Bonchev–Trinajstić information content (AvgIpc) is 3.25. The molecule has 29 heavy (non-hydrogen) atoms. The summed E-state index contributed by atoms with van der Waals surface area (Å²) in [5.41, 5.74) is 0.394. The minimum Gasteiger partial charge on any atom is -0.476 e. The van der Waals surface area contributed by atoms with Gasteiger partial charge >= 0.3 is 0 Å². The van der Waals surface area contributed by atoms with Crippen LogP contribution in [-0.4, -0.2) is 46.2 Å². The van der Waals surface area contributed by atoms with Crippen LogP contribution in [0.2, 0.25) is 5.02 Å². The van der Waals surface area contributed by atoms with Gasteiger partial charge in [-0.1, -0.05) is 23.7 Å². The fraction of sp³-hybridized carbons (Fsp3) is 0.350. The largest absolute Gasteiger partial charge is 0.476 e. The van der Waals surface area contributed by atoms with Crippen molar-refractivity contribution in [2.24, 2.45) is 0 Å². The summed E-state index contributed by atoms with van der Waals surface area (Å²) < 4.78 is 39.1. The lowest BCUT2D eigenvalue weighted by Gasteiger charge is -2.34. The Morgan fingerprint density at radius 2 is 1.93 bits per heavy atom. The number of nitrogens with zero attached hydrogens (tertiary/aromatic N) is 1. The second-order valence-electron chi connectivity index (χ2n) is 6.94. The van der Waals surface area contributed by atoms with Crippen molar-refractivity contribution in [3.8, 4) is 5.75 Å². The van der Waals surface area contributed by atoms with Gasteiger partial charge in [0.05, 0.1) is 23.2 Å². The zero-order valence-corrected chi connectivity index (χ0v) is 17.2. The summed E-state index contributed by atoms with van der Waals surface area (Å²) in [6.07, 6.45) is 0.893. The zero-order chi connectivity index (χ0) is 20.4. The molecule has 0 aromatic heterocycles. The standard InChI is InChI=1S/C20H21ClN2O5S/c21-14-7-9-16(10-8-14)29(25,26)23-13-19(28-18-6-2-1-5-17(18)23)20(24)22-12-15-4-3-11-27-15/h1-2,5-10,15,19H,3-4,11-13H2,(H,22,24)/t15-,19-/m1/s1. The number of carbonyl (C=O) groups is 1. The number of amides is 1. The van der Waals surface area contributed by atoms with Crippen LogP contribution in [0.4, 0.5) is 5.69 Å². The van der Waals surface area contributed by atoms with Gasteiger partial charge in [0.15, 0.2) is 6.10 Å². The number of rotatable bonds is 5. The van der Waals surface area contributed by atoms with Gasteiger partial charge in [-0.3, -0.25) is 9.10 Å². The average molecular weight is 437 g/mol. The summed E-state index contributed by atoms with van der Waals surface area (Å²) in [6, 6.07) is 12.7. The lowest BCUT2D eigenvalue weighted by atomic mass is 10.2. The predicted molar refractivity (Wildman–Crippen MR) is 109 cm³/mol. The molecule has 4 rings (SSSR count). The molecule has 0 radical (unpaired) electrons. The Hall–Kier alpha value is -2.29. The highest BCUT2D eigenvalue weighted by Crippen LogP contribution is 2.36. The molecule has 1 N–H and O–H groups in total. The molecule has 1 saturated heterocycles. The molecule has 1 fully saturated rings. The van der Waals surface area contributed by atoms with Crippen molar-refractivity contribution >= 4 is 33.2 Å². The smallest absolute Gasteiger partial charge is 0.264 e. The highest BCUT2D eigenvalue weighted by Gasteiger charge is 2.37. The van der Waals surface area contributed by atoms with Crippen LogP contribution in [0, 0.1) is 0 Å². The van der Waals surface area contributed by atoms with Gasteiger partial charge in [0, 0.05) is 18.2 Å². The normalized spacial score (nSPS) is 21.3. The molecule has 2 aromatic carbocycles. The van der Waals surface area contributed by atoms with Crippen LogP contribution in [-0.2, 0) is 19.6 Å². The number of anilines is 1. The molecule has 0 unspecified atom stereocenters. The van der Waals surface area contributed by atoms with E-state index in [1.54, 1.807) is 24.3 Å². The Morgan fingerprint density at radius 3 is 2.66 bits per heavy atom. The van der Waals surface area contributed by atoms with E-state index in [9.17, 15) is 13.2 Å². The monoisotopic (exact) mass is 436 g/mol. The van der Waals surface area contributed by atoms with Crippen LogP contribution in [0.25, 0.3) is 0 Å². The van der Waals surface area contributed by atoms with E-state index in [0.29, 0.717) is 29.6 Å². The van der Waals surface area contributed by atoms with Crippen molar-refractivity contribution in [2.45, 2.75) is 29.9 Å². The van der Waals surface area contributed by atoms with Gasteiger partial charge in [0.2, 0.25) is 0 Å². The number of sulfonamides is 1. The van der Waals surface area contributed by atoms with Gasteiger partial charge < -0.3 is 14.8 Å². The number of ether oxygens (including phenoxy) is 2. The van der Waals surface area contributed by atoms with Crippen LogP contribution < -0.4 is 14.4 Å². The quantitative estimate of drug-likeness (QED) is 0.778. The second kappa shape index (κ2) is 8.22. The molecule has 7 nitrogen and oxygen atoms in total. The summed E-state index contributed by atoms with van der Waals surface area (Å²) in [6.45, 7) is 0.949. The van der Waals surface area contributed by atoms with E-state index in [4.69, 9.17) is 21.1 Å². The van der Waals surface area contributed by atoms with E-state index in [1.165, 1.54) is 28.6 Å². The van der Waals surface area contributed by atoms with Crippen molar-refractivity contribution in [1.29, 1.82) is 0 Å². The number of hydrogen-bond donors (Lipinski definition) is 1. The number of carbonyl (C=O) groups excluding carboxylic acids is 1. The van der Waals surface area contributed by atoms with Gasteiger partial charge in [-0.15, -0.1) is 0 Å². The number of nitrogens with one attached hydrogen (secondary N) is 1. The summed E-state index contributed by atoms with van der Waals surface area (Å²) in [5, 5.41) is 3.26. The fourth-order valence-corrected chi connectivity index (χ4v) is 5.04. The zero-order valence-electron chi connectivity index (χ0n) is 15.6. The number of halogens is 1. The molecule has 2 aliphatic heterocycles. The maximum absolute atomic E-state index is 13.3. The molecule has 2 atom stereocenters. The molecule has 0 spiro atoms. The lowest BCUT2D eigenvalue weighted by molar-refractivity contribution is -0.128. The van der Waals surface area contributed by atoms with Gasteiger partial charge in [0.1, 0.15) is 5.75 Å². The molecule has 9 heteroatoms. The summed E-state index contributed by atoms with van der Waals surface area (Å²) in [5.74, 6) is -0.0279. The molecular formula is C20H21ClN2O5S. The fourth-order valence-electron chi connectivity index (χ4n) is 3.43. The third kappa shape index (κ3) is 4.19. The Bertz CT molecular complexity index is 990. The van der Waals surface area contributed by atoms with Crippen LogP contribution in [0.15, 0.2) is 53.4 Å². The maximum atomic E-state index is 13.3. The molecule has 2 aliphatic rings.